The molecule has 0 N–H and O–H groups in total. The highest BCUT2D eigenvalue weighted by atomic mass is 16.5. The lowest BCUT2D eigenvalue weighted by molar-refractivity contribution is -0.0257. The summed E-state index contributed by atoms with van der Waals surface area (Å²) in [6, 6.07) is 0. The van der Waals surface area contributed by atoms with Crippen molar-refractivity contribution < 1.29 is 4.74 Å². The molecule has 1 aliphatic heterocycles. The van der Waals surface area contributed by atoms with Crippen LogP contribution in [-0.4, -0.2) is 29.2 Å². The van der Waals surface area contributed by atoms with Crippen molar-refractivity contribution in [1.82, 2.24) is 4.90 Å². The SMILES string of the molecule is C=C1COCC2(CC2)N1C(C)(C)C. The number of nitrogens with zero attached hydrogens (tertiary/aromatic N) is 1. The normalized spacial score (nSPS) is 26.7. The van der Waals surface area contributed by atoms with Crippen LogP contribution in [0.1, 0.15) is 33.6 Å². The number of morpholine rings is 1. The van der Waals surface area contributed by atoms with Gasteiger partial charge in [-0.1, -0.05) is 6.58 Å². The Hall–Kier alpha value is -0.500. The predicted octanol–water partition coefficient (Wildman–Crippen LogP) is 2.16. The Balaban J connectivity index is 2.25. The molecule has 0 radical (unpaired) electrons. The lowest BCUT2D eigenvalue weighted by Crippen LogP contribution is -2.54. The molecule has 1 aliphatic carbocycles. The summed E-state index contributed by atoms with van der Waals surface area (Å²) < 4.78 is 5.54. The molecule has 0 aromatic carbocycles. The Labute approximate surface area is 80.6 Å². The third-order valence-electron chi connectivity index (χ3n) is 2.93. The van der Waals surface area contributed by atoms with E-state index in [0.717, 1.165) is 12.3 Å². The summed E-state index contributed by atoms with van der Waals surface area (Å²) in [4.78, 5) is 2.48. The van der Waals surface area contributed by atoms with Crippen molar-refractivity contribution in [2.24, 2.45) is 0 Å². The average Bonchev–Trinajstić information content (AvgIpc) is 2.66. The second kappa shape index (κ2) is 2.50. The molecule has 2 nitrogen and oxygen atoms in total. The molecule has 1 saturated heterocycles. The molecule has 0 amide bonds. The first-order chi connectivity index (χ1) is 5.96. The van der Waals surface area contributed by atoms with E-state index < -0.39 is 0 Å². The van der Waals surface area contributed by atoms with Crippen LogP contribution in [0.4, 0.5) is 0 Å². The van der Waals surface area contributed by atoms with Crippen LogP contribution in [0.5, 0.6) is 0 Å². The Bertz CT molecular complexity index is 235. The summed E-state index contributed by atoms with van der Waals surface area (Å²) in [5, 5.41) is 0. The smallest absolute Gasteiger partial charge is 0.0859 e. The van der Waals surface area contributed by atoms with E-state index >= 15 is 0 Å². The molecule has 2 aliphatic rings. The lowest BCUT2D eigenvalue weighted by atomic mass is 9.99. The third-order valence-corrected chi connectivity index (χ3v) is 2.93. The van der Waals surface area contributed by atoms with Gasteiger partial charge in [-0.3, -0.25) is 0 Å². The Morgan fingerprint density at radius 2 is 2.00 bits per heavy atom. The molecule has 0 bridgehead atoms. The van der Waals surface area contributed by atoms with Crippen LogP contribution in [0.3, 0.4) is 0 Å². The fourth-order valence-electron chi connectivity index (χ4n) is 2.52. The molecule has 2 rings (SSSR count). The molecular weight excluding hydrogens is 162 g/mol. The molecule has 0 aromatic heterocycles. The van der Waals surface area contributed by atoms with Crippen molar-refractivity contribution in [3.8, 4) is 0 Å². The van der Waals surface area contributed by atoms with E-state index in [0.29, 0.717) is 12.1 Å². The van der Waals surface area contributed by atoms with Gasteiger partial charge in [-0.05, 0) is 33.6 Å². The average molecular weight is 181 g/mol. The van der Waals surface area contributed by atoms with Gasteiger partial charge >= 0.3 is 0 Å². The zero-order valence-electron chi connectivity index (χ0n) is 8.89. The minimum atomic E-state index is 0.192. The van der Waals surface area contributed by atoms with Crippen LogP contribution in [0, 0.1) is 0 Å². The Morgan fingerprint density at radius 1 is 1.38 bits per heavy atom. The van der Waals surface area contributed by atoms with Gasteiger partial charge in [0.1, 0.15) is 0 Å². The third kappa shape index (κ3) is 1.37. The summed E-state index contributed by atoms with van der Waals surface area (Å²) in [7, 11) is 0. The van der Waals surface area contributed by atoms with Crippen molar-refractivity contribution in [3.63, 3.8) is 0 Å². The molecule has 1 heterocycles. The van der Waals surface area contributed by atoms with Crippen LogP contribution in [-0.2, 0) is 4.74 Å². The molecule has 1 spiro atoms. The van der Waals surface area contributed by atoms with E-state index in [1.807, 2.05) is 0 Å². The van der Waals surface area contributed by atoms with Gasteiger partial charge in [0.2, 0.25) is 0 Å². The van der Waals surface area contributed by atoms with E-state index in [-0.39, 0.29) is 5.54 Å². The maximum atomic E-state index is 5.54. The monoisotopic (exact) mass is 181 g/mol. The van der Waals surface area contributed by atoms with Gasteiger partial charge in [0.15, 0.2) is 0 Å². The summed E-state index contributed by atoms with van der Waals surface area (Å²) in [6.45, 7) is 12.5. The zero-order valence-corrected chi connectivity index (χ0v) is 8.89. The molecule has 1 saturated carbocycles. The van der Waals surface area contributed by atoms with Crippen LogP contribution < -0.4 is 0 Å². The van der Waals surface area contributed by atoms with Crippen molar-refractivity contribution in [1.29, 1.82) is 0 Å². The summed E-state index contributed by atoms with van der Waals surface area (Å²) >= 11 is 0. The van der Waals surface area contributed by atoms with E-state index in [9.17, 15) is 0 Å². The number of hydrogen-bond acceptors (Lipinski definition) is 2. The van der Waals surface area contributed by atoms with Crippen molar-refractivity contribution >= 4 is 0 Å². The lowest BCUT2D eigenvalue weighted by Gasteiger charge is -2.48. The van der Waals surface area contributed by atoms with Gasteiger partial charge in [0, 0.05) is 11.2 Å². The van der Waals surface area contributed by atoms with E-state index in [1.54, 1.807) is 0 Å². The quantitative estimate of drug-likeness (QED) is 0.568. The minimum Gasteiger partial charge on any atom is -0.373 e. The van der Waals surface area contributed by atoms with Crippen LogP contribution in [0.2, 0.25) is 0 Å². The molecule has 74 valence electrons. The zero-order chi connectivity index (χ0) is 9.69. The van der Waals surface area contributed by atoms with Gasteiger partial charge in [0.05, 0.1) is 18.8 Å². The maximum absolute atomic E-state index is 5.54. The summed E-state index contributed by atoms with van der Waals surface area (Å²) in [5.74, 6) is 0. The first-order valence-corrected chi connectivity index (χ1v) is 5.02. The van der Waals surface area contributed by atoms with Crippen molar-refractivity contribution in [3.05, 3.63) is 12.3 Å². The number of hydrogen-bond donors (Lipinski definition) is 0. The van der Waals surface area contributed by atoms with Gasteiger partial charge in [-0.15, -0.1) is 0 Å². The van der Waals surface area contributed by atoms with Crippen molar-refractivity contribution in [2.75, 3.05) is 13.2 Å². The van der Waals surface area contributed by atoms with Crippen LogP contribution >= 0.6 is 0 Å². The molecular formula is C11H19NO. The topological polar surface area (TPSA) is 12.5 Å². The fraction of sp³-hybridized carbons (Fsp3) is 0.818. The first kappa shape index (κ1) is 9.07. The van der Waals surface area contributed by atoms with E-state index in [4.69, 9.17) is 4.74 Å². The Morgan fingerprint density at radius 3 is 2.38 bits per heavy atom. The number of rotatable bonds is 0. The second-order valence-corrected chi connectivity index (χ2v) is 5.29. The highest BCUT2D eigenvalue weighted by Gasteiger charge is 2.53. The van der Waals surface area contributed by atoms with Gasteiger partial charge in [-0.25, -0.2) is 0 Å². The largest absolute Gasteiger partial charge is 0.373 e. The first-order valence-electron chi connectivity index (χ1n) is 5.02. The number of ether oxygens (including phenoxy) is 1. The van der Waals surface area contributed by atoms with Crippen LogP contribution in [0.15, 0.2) is 12.3 Å². The molecule has 0 unspecified atom stereocenters. The van der Waals surface area contributed by atoms with E-state index in [1.165, 1.54) is 12.8 Å². The Kier molecular flexibility index (Phi) is 1.75. The minimum absolute atomic E-state index is 0.192. The van der Waals surface area contributed by atoms with Crippen molar-refractivity contribution in [2.45, 2.75) is 44.7 Å². The van der Waals surface area contributed by atoms with Gasteiger partial charge < -0.3 is 9.64 Å². The maximum Gasteiger partial charge on any atom is 0.0859 e. The molecule has 0 aromatic rings. The molecule has 0 atom stereocenters. The predicted molar refractivity (Wildman–Crippen MR) is 53.5 cm³/mol. The summed E-state index contributed by atoms with van der Waals surface area (Å²) in [5.41, 5.74) is 1.65. The molecule has 13 heavy (non-hydrogen) atoms. The van der Waals surface area contributed by atoms with Gasteiger partial charge in [0.25, 0.3) is 0 Å². The summed E-state index contributed by atoms with van der Waals surface area (Å²) in [6.07, 6.45) is 2.53. The molecule has 2 heteroatoms. The highest BCUT2D eigenvalue weighted by Crippen LogP contribution is 2.49. The fourth-order valence-corrected chi connectivity index (χ4v) is 2.52. The standard InChI is InChI=1S/C11H19NO/c1-9-7-13-8-11(5-6-11)12(9)10(2,3)4/h1,5-8H2,2-4H3. The molecule has 2 fully saturated rings. The van der Waals surface area contributed by atoms with Crippen LogP contribution in [0.25, 0.3) is 0 Å². The van der Waals surface area contributed by atoms with E-state index in [2.05, 4.69) is 32.3 Å². The second-order valence-electron chi connectivity index (χ2n) is 5.29. The van der Waals surface area contributed by atoms with Gasteiger partial charge in [-0.2, -0.15) is 0 Å². The highest BCUT2D eigenvalue weighted by molar-refractivity contribution is 5.18.